The van der Waals surface area contributed by atoms with Gasteiger partial charge in [-0.1, -0.05) is 17.3 Å². The standard InChI is InChI=1S/C23H33N5O3/c1-24-23(28-13-11-27(12-14-28)17-19-10-15-30-26-19)25-16-18-6-5-9-21(29-2)22(18)31-20-7-3-4-8-20/h5-6,9-10,15,20H,3-4,7-8,11-14,16-17H2,1-2H3,(H,24,25). The Bertz CT molecular complexity index is 841. The van der Waals surface area contributed by atoms with Crippen LogP contribution in [0.4, 0.5) is 0 Å². The minimum atomic E-state index is 0.284. The summed E-state index contributed by atoms with van der Waals surface area (Å²) in [6.45, 7) is 5.22. The molecule has 0 amide bonds. The van der Waals surface area contributed by atoms with Gasteiger partial charge >= 0.3 is 0 Å². The Kier molecular flexibility index (Phi) is 7.30. The minimum absolute atomic E-state index is 0.284. The normalized spacial score (nSPS) is 18.4. The van der Waals surface area contributed by atoms with Gasteiger partial charge in [0.15, 0.2) is 17.5 Å². The van der Waals surface area contributed by atoms with Gasteiger partial charge in [0, 0.05) is 57.9 Å². The summed E-state index contributed by atoms with van der Waals surface area (Å²) in [7, 11) is 3.54. The van der Waals surface area contributed by atoms with Gasteiger partial charge < -0.3 is 24.2 Å². The molecular formula is C23H33N5O3. The van der Waals surface area contributed by atoms with Gasteiger partial charge in [0.05, 0.1) is 18.9 Å². The summed E-state index contributed by atoms with van der Waals surface area (Å²) in [6, 6.07) is 8.01. The second kappa shape index (κ2) is 10.5. The van der Waals surface area contributed by atoms with E-state index in [2.05, 4.69) is 31.3 Å². The van der Waals surface area contributed by atoms with Crippen molar-refractivity contribution >= 4 is 5.96 Å². The first-order valence-electron chi connectivity index (χ1n) is 11.2. The number of methoxy groups -OCH3 is 1. The molecule has 2 heterocycles. The van der Waals surface area contributed by atoms with Crippen LogP contribution < -0.4 is 14.8 Å². The topological polar surface area (TPSA) is 75.4 Å². The van der Waals surface area contributed by atoms with Crippen LogP contribution in [-0.4, -0.2) is 67.4 Å². The maximum Gasteiger partial charge on any atom is 0.194 e. The van der Waals surface area contributed by atoms with Crippen LogP contribution in [0.5, 0.6) is 11.5 Å². The molecule has 2 fully saturated rings. The Morgan fingerprint density at radius 1 is 1.19 bits per heavy atom. The molecule has 1 N–H and O–H groups in total. The van der Waals surface area contributed by atoms with Crippen molar-refractivity contribution in [1.29, 1.82) is 0 Å². The predicted octanol–water partition coefficient (Wildman–Crippen LogP) is 2.90. The molecular weight excluding hydrogens is 394 g/mol. The average molecular weight is 428 g/mol. The molecule has 1 aliphatic heterocycles. The molecule has 8 nitrogen and oxygen atoms in total. The van der Waals surface area contributed by atoms with Crippen molar-refractivity contribution < 1.29 is 14.0 Å². The predicted molar refractivity (Wildman–Crippen MR) is 119 cm³/mol. The van der Waals surface area contributed by atoms with Gasteiger partial charge in [0.1, 0.15) is 6.26 Å². The fourth-order valence-corrected chi connectivity index (χ4v) is 4.34. The molecule has 1 saturated carbocycles. The van der Waals surface area contributed by atoms with Crippen molar-refractivity contribution in [3.8, 4) is 11.5 Å². The molecule has 1 aliphatic carbocycles. The quantitative estimate of drug-likeness (QED) is 0.538. The molecule has 0 unspecified atom stereocenters. The highest BCUT2D eigenvalue weighted by Crippen LogP contribution is 2.34. The third-order valence-electron chi connectivity index (χ3n) is 6.06. The Hall–Kier alpha value is -2.74. The zero-order valence-corrected chi connectivity index (χ0v) is 18.5. The number of aromatic nitrogens is 1. The molecule has 0 radical (unpaired) electrons. The molecule has 168 valence electrons. The first kappa shape index (κ1) is 21.5. The summed E-state index contributed by atoms with van der Waals surface area (Å²) in [5.74, 6) is 2.57. The van der Waals surface area contributed by atoms with Gasteiger partial charge in [-0.05, 0) is 31.7 Å². The number of hydrogen-bond acceptors (Lipinski definition) is 6. The highest BCUT2D eigenvalue weighted by atomic mass is 16.5. The van der Waals surface area contributed by atoms with E-state index in [4.69, 9.17) is 14.0 Å². The Morgan fingerprint density at radius 3 is 2.68 bits per heavy atom. The maximum atomic E-state index is 6.37. The second-order valence-corrected chi connectivity index (χ2v) is 8.13. The number of nitrogens with one attached hydrogen (secondary N) is 1. The van der Waals surface area contributed by atoms with Gasteiger partial charge in [0.25, 0.3) is 0 Å². The van der Waals surface area contributed by atoms with E-state index in [0.29, 0.717) is 6.54 Å². The van der Waals surface area contributed by atoms with Gasteiger partial charge in [-0.2, -0.15) is 0 Å². The number of aliphatic imine (C=N–C) groups is 1. The van der Waals surface area contributed by atoms with Crippen molar-refractivity contribution in [3.05, 3.63) is 41.8 Å². The fourth-order valence-electron chi connectivity index (χ4n) is 4.34. The second-order valence-electron chi connectivity index (χ2n) is 8.13. The molecule has 2 aliphatic rings. The van der Waals surface area contributed by atoms with E-state index < -0.39 is 0 Å². The molecule has 2 aromatic rings. The summed E-state index contributed by atoms with van der Waals surface area (Å²) >= 11 is 0. The van der Waals surface area contributed by atoms with Gasteiger partial charge in [0.2, 0.25) is 0 Å². The van der Waals surface area contributed by atoms with Crippen LogP contribution in [0.15, 0.2) is 40.0 Å². The number of piperazine rings is 1. The lowest BCUT2D eigenvalue weighted by Crippen LogP contribution is -2.52. The zero-order valence-electron chi connectivity index (χ0n) is 18.5. The van der Waals surface area contributed by atoms with Crippen LogP contribution in [-0.2, 0) is 13.1 Å². The highest BCUT2D eigenvalue weighted by Gasteiger charge is 2.23. The van der Waals surface area contributed by atoms with Crippen molar-refractivity contribution in [2.45, 2.75) is 44.9 Å². The maximum absolute atomic E-state index is 6.37. The Balaban J connectivity index is 1.34. The largest absolute Gasteiger partial charge is 0.493 e. The Labute approximate surface area is 184 Å². The number of rotatable bonds is 7. The summed E-state index contributed by atoms with van der Waals surface area (Å²) in [5, 5.41) is 7.54. The lowest BCUT2D eigenvalue weighted by Gasteiger charge is -2.36. The van der Waals surface area contributed by atoms with Gasteiger partial charge in [-0.25, -0.2) is 0 Å². The monoisotopic (exact) mass is 427 g/mol. The summed E-state index contributed by atoms with van der Waals surface area (Å²) in [5.41, 5.74) is 2.07. The molecule has 1 saturated heterocycles. The number of benzene rings is 1. The third-order valence-corrected chi connectivity index (χ3v) is 6.06. The van der Waals surface area contributed by atoms with Gasteiger partial charge in [-0.15, -0.1) is 0 Å². The number of ether oxygens (including phenoxy) is 2. The minimum Gasteiger partial charge on any atom is -0.493 e. The molecule has 0 bridgehead atoms. The molecule has 1 aromatic heterocycles. The van der Waals surface area contributed by atoms with E-state index in [1.165, 1.54) is 12.8 Å². The van der Waals surface area contributed by atoms with Crippen molar-refractivity contribution in [1.82, 2.24) is 20.3 Å². The van der Waals surface area contributed by atoms with E-state index >= 15 is 0 Å². The summed E-state index contributed by atoms with van der Waals surface area (Å²) < 4.78 is 16.9. The number of hydrogen-bond donors (Lipinski definition) is 1. The van der Waals surface area contributed by atoms with Crippen molar-refractivity contribution in [2.75, 3.05) is 40.3 Å². The van der Waals surface area contributed by atoms with E-state index in [1.54, 1.807) is 13.4 Å². The van der Waals surface area contributed by atoms with E-state index in [9.17, 15) is 0 Å². The molecule has 0 spiro atoms. The van der Waals surface area contributed by atoms with Crippen LogP contribution in [0.25, 0.3) is 0 Å². The molecule has 4 rings (SSSR count). The summed E-state index contributed by atoms with van der Waals surface area (Å²) in [4.78, 5) is 9.21. The lowest BCUT2D eigenvalue weighted by atomic mass is 10.1. The van der Waals surface area contributed by atoms with Crippen LogP contribution in [0.1, 0.15) is 36.9 Å². The number of para-hydroxylation sites is 1. The highest BCUT2D eigenvalue weighted by molar-refractivity contribution is 5.80. The molecule has 8 heteroatoms. The first-order valence-corrected chi connectivity index (χ1v) is 11.2. The van der Waals surface area contributed by atoms with E-state index in [-0.39, 0.29) is 6.10 Å². The average Bonchev–Trinajstić information content (AvgIpc) is 3.50. The smallest absolute Gasteiger partial charge is 0.194 e. The van der Waals surface area contributed by atoms with E-state index in [1.807, 2.05) is 25.2 Å². The zero-order chi connectivity index (χ0) is 21.5. The van der Waals surface area contributed by atoms with Crippen LogP contribution in [0.2, 0.25) is 0 Å². The molecule has 0 atom stereocenters. The van der Waals surface area contributed by atoms with Crippen molar-refractivity contribution in [3.63, 3.8) is 0 Å². The number of nitrogens with zero attached hydrogens (tertiary/aromatic N) is 4. The molecule has 31 heavy (non-hydrogen) atoms. The number of guanidine groups is 1. The Morgan fingerprint density at radius 2 is 2.00 bits per heavy atom. The first-order chi connectivity index (χ1) is 15.3. The summed E-state index contributed by atoms with van der Waals surface area (Å²) in [6.07, 6.45) is 6.62. The van der Waals surface area contributed by atoms with Crippen LogP contribution >= 0.6 is 0 Å². The van der Waals surface area contributed by atoms with Crippen LogP contribution in [0.3, 0.4) is 0 Å². The van der Waals surface area contributed by atoms with Crippen molar-refractivity contribution in [2.24, 2.45) is 4.99 Å². The van der Waals surface area contributed by atoms with Gasteiger partial charge in [-0.3, -0.25) is 9.89 Å². The fraction of sp³-hybridized carbons (Fsp3) is 0.565. The van der Waals surface area contributed by atoms with E-state index in [0.717, 1.165) is 74.3 Å². The lowest BCUT2D eigenvalue weighted by molar-refractivity contribution is 0.169. The molecule has 1 aromatic carbocycles. The third kappa shape index (κ3) is 5.50. The SMILES string of the molecule is CN=C(NCc1cccc(OC)c1OC1CCCC1)N1CCN(Cc2ccon2)CC1. The van der Waals surface area contributed by atoms with Crippen LogP contribution in [0, 0.1) is 0 Å².